The molecule has 0 bridgehead atoms. The molecule has 9 heteroatoms. The maximum Gasteiger partial charge on any atom is 0.309 e. The molecule has 2 aromatic carbocycles. The van der Waals surface area contributed by atoms with Crippen molar-refractivity contribution < 1.29 is 19.1 Å². The number of hydrogen-bond acceptors (Lipinski definition) is 6. The van der Waals surface area contributed by atoms with Gasteiger partial charge in [-0.2, -0.15) is 0 Å². The average Bonchev–Trinajstić information content (AvgIpc) is 3.26. The van der Waals surface area contributed by atoms with E-state index in [0.717, 1.165) is 24.0 Å². The molecule has 1 N–H and O–H groups in total. The fourth-order valence-electron chi connectivity index (χ4n) is 3.69. The highest BCUT2D eigenvalue weighted by Crippen LogP contribution is 2.30. The van der Waals surface area contributed by atoms with Crippen LogP contribution in [0, 0.1) is 11.7 Å². The molecule has 0 saturated carbocycles. The Bertz CT molecular complexity index is 1130. The second-order valence-corrected chi connectivity index (χ2v) is 9.06. The van der Waals surface area contributed by atoms with Crippen molar-refractivity contribution in [3.63, 3.8) is 0 Å². The van der Waals surface area contributed by atoms with E-state index in [4.69, 9.17) is 5.11 Å². The number of carbonyl (C=O) groups is 2. The van der Waals surface area contributed by atoms with Crippen LogP contribution in [0.2, 0.25) is 0 Å². The van der Waals surface area contributed by atoms with Crippen molar-refractivity contribution in [1.82, 2.24) is 15.1 Å². The number of nitrogens with zero attached hydrogens (tertiary/aromatic N) is 4. The van der Waals surface area contributed by atoms with Crippen molar-refractivity contribution in [1.29, 1.82) is 0 Å². The van der Waals surface area contributed by atoms with Gasteiger partial charge >= 0.3 is 5.97 Å². The van der Waals surface area contributed by atoms with Gasteiger partial charge in [0.15, 0.2) is 0 Å². The van der Waals surface area contributed by atoms with Crippen molar-refractivity contribution in [3.05, 3.63) is 65.5 Å². The Morgan fingerprint density at radius 3 is 2.55 bits per heavy atom. The summed E-state index contributed by atoms with van der Waals surface area (Å²) in [5, 5.41) is 18.6. The molecule has 0 atom stereocenters. The predicted octanol–water partition coefficient (Wildman–Crippen LogP) is 4.31. The minimum Gasteiger partial charge on any atom is -0.481 e. The number of hydrogen-bond donors (Lipinski definition) is 1. The molecular weight excluding hydrogens is 443 g/mol. The third-order valence-corrected chi connectivity index (χ3v) is 6.64. The molecule has 3 aromatic rings. The van der Waals surface area contributed by atoms with E-state index in [2.05, 4.69) is 15.1 Å². The van der Waals surface area contributed by atoms with Crippen LogP contribution in [0.3, 0.4) is 0 Å². The largest absolute Gasteiger partial charge is 0.481 e. The summed E-state index contributed by atoms with van der Waals surface area (Å²) in [6.07, 6.45) is 1.65. The van der Waals surface area contributed by atoms with Gasteiger partial charge < -0.3 is 5.11 Å². The fraction of sp³-hybridized carbons (Fsp3) is 0.333. The van der Waals surface area contributed by atoms with Gasteiger partial charge in [0.25, 0.3) is 5.91 Å². The van der Waals surface area contributed by atoms with Crippen LogP contribution in [0.4, 0.5) is 9.52 Å². The molecule has 2 heterocycles. The summed E-state index contributed by atoms with van der Waals surface area (Å²) in [5.74, 6) is -1.99. The molecule has 4 rings (SSSR count). The molecule has 0 aliphatic carbocycles. The Labute approximate surface area is 195 Å². The third kappa shape index (κ3) is 5.26. The maximum absolute atomic E-state index is 14.2. The number of likely N-dealkylation sites (tertiary alicyclic amines) is 1. The second-order valence-electron chi connectivity index (χ2n) is 8.11. The van der Waals surface area contributed by atoms with E-state index in [0.29, 0.717) is 36.3 Å². The van der Waals surface area contributed by atoms with E-state index in [-0.39, 0.29) is 11.5 Å². The normalized spacial score (nSPS) is 14.1. The summed E-state index contributed by atoms with van der Waals surface area (Å²) in [7, 11) is 0. The highest BCUT2D eigenvalue weighted by molar-refractivity contribution is 7.18. The maximum atomic E-state index is 14.2. The number of carbonyl (C=O) groups excluding carboxylic acids is 1. The summed E-state index contributed by atoms with van der Waals surface area (Å²) in [4.78, 5) is 27.6. The summed E-state index contributed by atoms with van der Waals surface area (Å²) >= 11 is 1.30. The van der Waals surface area contributed by atoms with Gasteiger partial charge in [-0.05, 0) is 24.1 Å². The van der Waals surface area contributed by atoms with Gasteiger partial charge in [-0.3, -0.25) is 19.4 Å². The zero-order chi connectivity index (χ0) is 23.4. The predicted molar refractivity (Wildman–Crippen MR) is 125 cm³/mol. The molecule has 1 aliphatic rings. The number of carboxylic acids is 1. The first kappa shape index (κ1) is 23.0. The zero-order valence-electron chi connectivity index (χ0n) is 18.3. The summed E-state index contributed by atoms with van der Waals surface area (Å²) < 4.78 is 14.2. The summed E-state index contributed by atoms with van der Waals surface area (Å²) in [6, 6.07) is 13.8. The molecule has 33 heavy (non-hydrogen) atoms. The van der Waals surface area contributed by atoms with Crippen LogP contribution in [0.5, 0.6) is 0 Å². The van der Waals surface area contributed by atoms with Gasteiger partial charge in [0, 0.05) is 31.7 Å². The van der Waals surface area contributed by atoms with Gasteiger partial charge in [-0.25, -0.2) is 4.39 Å². The van der Waals surface area contributed by atoms with E-state index in [1.54, 1.807) is 12.1 Å². The van der Waals surface area contributed by atoms with E-state index in [1.165, 1.54) is 28.4 Å². The second kappa shape index (κ2) is 10.2. The molecule has 0 unspecified atom stereocenters. The highest BCUT2D eigenvalue weighted by atomic mass is 32.1. The molecule has 0 spiro atoms. The van der Waals surface area contributed by atoms with Crippen molar-refractivity contribution in [2.24, 2.45) is 5.92 Å². The Balaban J connectivity index is 1.47. The highest BCUT2D eigenvalue weighted by Gasteiger charge is 2.32. The quantitative estimate of drug-likeness (QED) is 0.504. The van der Waals surface area contributed by atoms with E-state index in [1.807, 2.05) is 31.2 Å². The molecule has 1 amide bonds. The number of aliphatic carboxylic acids is 1. The zero-order valence-corrected chi connectivity index (χ0v) is 19.1. The smallest absolute Gasteiger partial charge is 0.309 e. The number of carboxylic acid groups (broad SMARTS) is 1. The number of anilines is 1. The topological polar surface area (TPSA) is 86.6 Å². The molecule has 7 nitrogen and oxygen atoms in total. The van der Waals surface area contributed by atoms with Crippen LogP contribution in [0.15, 0.2) is 48.5 Å². The average molecular weight is 469 g/mol. The Hall–Kier alpha value is -3.17. The number of rotatable bonds is 9. The monoisotopic (exact) mass is 468 g/mol. The van der Waals surface area contributed by atoms with Crippen molar-refractivity contribution in [2.75, 3.05) is 24.5 Å². The van der Waals surface area contributed by atoms with Crippen LogP contribution in [-0.2, 0) is 11.3 Å². The lowest BCUT2D eigenvalue weighted by molar-refractivity contribution is -0.147. The van der Waals surface area contributed by atoms with Crippen LogP contribution >= 0.6 is 11.3 Å². The molecule has 1 fully saturated rings. The van der Waals surface area contributed by atoms with Crippen molar-refractivity contribution in [2.45, 2.75) is 26.3 Å². The number of unbranched alkanes of at least 4 members (excludes halogenated alkanes) is 1. The van der Waals surface area contributed by atoms with Crippen LogP contribution in [0.1, 0.15) is 35.7 Å². The first-order valence-corrected chi connectivity index (χ1v) is 11.7. The molecular formula is C24H25FN4O3S. The fourth-order valence-corrected chi connectivity index (χ4v) is 4.56. The minimum atomic E-state index is -0.741. The molecule has 0 radical (unpaired) electrons. The van der Waals surface area contributed by atoms with Gasteiger partial charge in [0.05, 0.1) is 11.5 Å². The van der Waals surface area contributed by atoms with E-state index in [9.17, 15) is 14.0 Å². The summed E-state index contributed by atoms with van der Waals surface area (Å²) in [6.45, 7) is 4.31. The first-order chi connectivity index (χ1) is 16.0. The Morgan fingerprint density at radius 2 is 1.88 bits per heavy atom. The Morgan fingerprint density at radius 1 is 1.15 bits per heavy atom. The van der Waals surface area contributed by atoms with E-state index < -0.39 is 17.7 Å². The van der Waals surface area contributed by atoms with Crippen LogP contribution < -0.4 is 4.90 Å². The molecule has 172 valence electrons. The molecule has 1 aliphatic heterocycles. The van der Waals surface area contributed by atoms with Crippen molar-refractivity contribution in [3.8, 4) is 10.6 Å². The lowest BCUT2D eigenvalue weighted by Gasteiger charge is -2.36. The molecule has 1 aromatic heterocycles. The number of amides is 1. The Kier molecular flexibility index (Phi) is 7.10. The van der Waals surface area contributed by atoms with E-state index >= 15 is 0 Å². The van der Waals surface area contributed by atoms with Gasteiger partial charge in [-0.15, -0.1) is 10.2 Å². The standard InChI is InChI=1S/C24H25FN4O3S/c1-2-3-12-29(22(30)19-6-4-5-7-20(19)25)24-27-26-21(33-24)17-10-8-16(9-11-17)13-28-14-18(15-28)23(31)32/h4-11,18H,2-3,12-15H2,1H3,(H,31,32). The number of benzene rings is 2. The third-order valence-electron chi connectivity index (χ3n) is 5.64. The number of aromatic nitrogens is 2. The van der Waals surface area contributed by atoms with Crippen LogP contribution in [-0.4, -0.2) is 51.7 Å². The first-order valence-electron chi connectivity index (χ1n) is 10.9. The van der Waals surface area contributed by atoms with Gasteiger partial charge in [-0.1, -0.05) is 61.1 Å². The van der Waals surface area contributed by atoms with Crippen molar-refractivity contribution >= 4 is 28.3 Å². The number of halogens is 1. The molecule has 1 saturated heterocycles. The lowest BCUT2D eigenvalue weighted by Crippen LogP contribution is -2.49. The van der Waals surface area contributed by atoms with Gasteiger partial charge in [0.2, 0.25) is 5.13 Å². The lowest BCUT2D eigenvalue weighted by atomic mass is 9.99. The SMILES string of the molecule is CCCCN(C(=O)c1ccccc1F)c1nnc(-c2ccc(CN3CC(C(=O)O)C3)cc2)s1. The van der Waals surface area contributed by atoms with Gasteiger partial charge in [0.1, 0.15) is 10.8 Å². The van der Waals surface area contributed by atoms with Crippen LogP contribution in [0.25, 0.3) is 10.6 Å². The summed E-state index contributed by atoms with van der Waals surface area (Å²) in [5.41, 5.74) is 1.99. The minimum absolute atomic E-state index is 0.0193.